The minimum Gasteiger partial charge on any atom is -0.508 e. The third-order valence-electron chi connectivity index (χ3n) is 3.35. The van der Waals surface area contributed by atoms with Crippen LogP contribution >= 0.6 is 0 Å². The van der Waals surface area contributed by atoms with Gasteiger partial charge in [0.1, 0.15) is 5.75 Å². The first-order valence-corrected chi connectivity index (χ1v) is 7.01. The van der Waals surface area contributed by atoms with Crippen molar-refractivity contribution in [3.63, 3.8) is 0 Å². The molecule has 21 heavy (non-hydrogen) atoms. The van der Waals surface area contributed by atoms with E-state index in [2.05, 4.69) is 10.6 Å². The van der Waals surface area contributed by atoms with E-state index in [1.54, 1.807) is 12.1 Å². The number of carbonyl (C=O) groups is 1. The Morgan fingerprint density at radius 2 is 1.76 bits per heavy atom. The van der Waals surface area contributed by atoms with E-state index in [4.69, 9.17) is 0 Å². The zero-order valence-electron chi connectivity index (χ0n) is 12.3. The number of aromatic hydroxyl groups is 1. The van der Waals surface area contributed by atoms with Crippen molar-refractivity contribution in [1.82, 2.24) is 0 Å². The molecule has 0 aliphatic heterocycles. The summed E-state index contributed by atoms with van der Waals surface area (Å²) in [5.74, 6) is 0.271. The van der Waals surface area contributed by atoms with E-state index in [9.17, 15) is 9.90 Å². The van der Waals surface area contributed by atoms with Gasteiger partial charge < -0.3 is 15.7 Å². The highest BCUT2D eigenvalue weighted by Crippen LogP contribution is 2.24. The van der Waals surface area contributed by atoms with Gasteiger partial charge in [-0.15, -0.1) is 0 Å². The molecule has 0 aliphatic rings. The van der Waals surface area contributed by atoms with Crippen LogP contribution < -0.4 is 10.6 Å². The van der Waals surface area contributed by atoms with Gasteiger partial charge in [-0.25, -0.2) is 0 Å². The number of rotatable bonds is 5. The monoisotopic (exact) mass is 284 g/mol. The first kappa shape index (κ1) is 14.9. The number of carbonyl (C=O) groups excluding carboxylic acids is 1. The van der Waals surface area contributed by atoms with Crippen molar-refractivity contribution in [3.8, 4) is 5.75 Å². The van der Waals surface area contributed by atoms with Crippen molar-refractivity contribution in [1.29, 1.82) is 0 Å². The Kier molecular flexibility index (Phi) is 4.82. The summed E-state index contributed by atoms with van der Waals surface area (Å²) in [6.07, 6.45) is 0.463. The lowest BCUT2D eigenvalue weighted by atomic mass is 10.1. The molecule has 0 spiro atoms. The summed E-state index contributed by atoms with van der Waals surface area (Å²) >= 11 is 0. The van der Waals surface area contributed by atoms with Crippen molar-refractivity contribution in [2.45, 2.75) is 26.8 Å². The zero-order chi connectivity index (χ0) is 15.2. The number of anilines is 2. The van der Waals surface area contributed by atoms with Crippen molar-refractivity contribution in [2.24, 2.45) is 0 Å². The molecule has 0 fully saturated rings. The van der Waals surface area contributed by atoms with Crippen LogP contribution in [0.15, 0.2) is 42.5 Å². The maximum absolute atomic E-state index is 11.5. The average molecular weight is 284 g/mol. The molecular weight excluding hydrogens is 264 g/mol. The molecule has 2 rings (SSSR count). The van der Waals surface area contributed by atoms with Gasteiger partial charge in [-0.3, -0.25) is 4.79 Å². The second kappa shape index (κ2) is 6.79. The van der Waals surface area contributed by atoms with Gasteiger partial charge in [-0.1, -0.05) is 25.1 Å². The molecule has 0 radical (unpaired) electrons. The molecule has 2 aromatic carbocycles. The maximum atomic E-state index is 11.5. The van der Waals surface area contributed by atoms with Crippen molar-refractivity contribution < 1.29 is 9.90 Å². The van der Waals surface area contributed by atoms with Gasteiger partial charge in [-0.05, 0) is 42.3 Å². The van der Waals surface area contributed by atoms with Crippen LogP contribution in [0.2, 0.25) is 0 Å². The molecule has 2 aromatic rings. The van der Waals surface area contributed by atoms with E-state index in [0.717, 1.165) is 22.5 Å². The quantitative estimate of drug-likeness (QED) is 0.785. The molecule has 0 saturated carbocycles. The van der Waals surface area contributed by atoms with Crippen molar-refractivity contribution in [3.05, 3.63) is 53.6 Å². The fourth-order valence-electron chi connectivity index (χ4n) is 2.01. The van der Waals surface area contributed by atoms with Gasteiger partial charge >= 0.3 is 0 Å². The van der Waals surface area contributed by atoms with E-state index in [-0.39, 0.29) is 11.7 Å². The van der Waals surface area contributed by atoms with Crippen LogP contribution in [0.5, 0.6) is 5.75 Å². The van der Waals surface area contributed by atoms with Crippen LogP contribution in [0.3, 0.4) is 0 Å². The number of benzene rings is 2. The molecule has 110 valence electrons. The second-order valence-corrected chi connectivity index (χ2v) is 4.90. The second-order valence-electron chi connectivity index (χ2n) is 4.90. The Bertz CT molecular complexity index is 621. The Morgan fingerprint density at radius 3 is 2.43 bits per heavy atom. The predicted molar refractivity (Wildman–Crippen MR) is 85.5 cm³/mol. The maximum Gasteiger partial charge on any atom is 0.224 e. The molecule has 0 aromatic heterocycles. The minimum absolute atomic E-state index is 0.00813. The van der Waals surface area contributed by atoms with Gasteiger partial charge in [0.2, 0.25) is 5.91 Å². The van der Waals surface area contributed by atoms with Crippen LogP contribution in [0, 0.1) is 6.92 Å². The number of phenols is 1. The van der Waals surface area contributed by atoms with Crippen LogP contribution in [0.1, 0.15) is 24.5 Å². The van der Waals surface area contributed by atoms with Crippen LogP contribution in [-0.2, 0) is 11.3 Å². The van der Waals surface area contributed by atoms with E-state index in [1.807, 2.05) is 44.2 Å². The van der Waals surface area contributed by atoms with E-state index in [0.29, 0.717) is 13.0 Å². The van der Waals surface area contributed by atoms with Crippen LogP contribution in [0.4, 0.5) is 11.4 Å². The lowest BCUT2D eigenvalue weighted by Gasteiger charge is -2.14. The van der Waals surface area contributed by atoms with Crippen molar-refractivity contribution >= 4 is 17.3 Å². The normalized spacial score (nSPS) is 10.2. The molecule has 1 amide bonds. The highest BCUT2D eigenvalue weighted by Gasteiger charge is 2.06. The summed E-state index contributed by atoms with van der Waals surface area (Å²) in [5.41, 5.74) is 3.91. The summed E-state index contributed by atoms with van der Waals surface area (Å²) in [5, 5.41) is 15.5. The van der Waals surface area contributed by atoms with E-state index < -0.39 is 0 Å². The van der Waals surface area contributed by atoms with Crippen LogP contribution in [-0.4, -0.2) is 11.0 Å². The van der Waals surface area contributed by atoms with Crippen molar-refractivity contribution in [2.75, 3.05) is 10.6 Å². The molecule has 0 saturated heterocycles. The standard InChI is InChI=1S/C17H20N2O2/c1-3-17(21)19-16-6-4-5-15(12(16)2)18-11-13-7-9-14(20)10-8-13/h4-10,18,20H,3,11H2,1-2H3,(H,19,21). The number of phenolic OH excluding ortho intramolecular Hbond substituents is 1. The van der Waals surface area contributed by atoms with Gasteiger partial charge in [0.15, 0.2) is 0 Å². The fourth-order valence-corrected chi connectivity index (χ4v) is 2.01. The largest absolute Gasteiger partial charge is 0.508 e. The molecule has 0 atom stereocenters. The Morgan fingerprint density at radius 1 is 1.10 bits per heavy atom. The van der Waals surface area contributed by atoms with Gasteiger partial charge in [0, 0.05) is 24.3 Å². The fraction of sp³-hybridized carbons (Fsp3) is 0.235. The summed E-state index contributed by atoms with van der Waals surface area (Å²) in [6, 6.07) is 12.9. The molecule has 4 heteroatoms. The smallest absolute Gasteiger partial charge is 0.224 e. The zero-order valence-corrected chi connectivity index (χ0v) is 12.3. The molecule has 3 N–H and O–H groups in total. The number of hydrogen-bond acceptors (Lipinski definition) is 3. The first-order valence-electron chi connectivity index (χ1n) is 7.01. The SMILES string of the molecule is CCC(=O)Nc1cccc(NCc2ccc(O)cc2)c1C. The lowest BCUT2D eigenvalue weighted by molar-refractivity contribution is -0.115. The Labute approximate surface area is 124 Å². The summed E-state index contributed by atoms with van der Waals surface area (Å²) in [4.78, 5) is 11.5. The van der Waals surface area contributed by atoms with Gasteiger partial charge in [0.25, 0.3) is 0 Å². The predicted octanol–water partition coefficient (Wildman–Crippen LogP) is 3.66. The summed E-state index contributed by atoms with van der Waals surface area (Å²) in [7, 11) is 0. The average Bonchev–Trinajstić information content (AvgIpc) is 2.49. The molecule has 0 aliphatic carbocycles. The molecule has 0 bridgehead atoms. The Hall–Kier alpha value is -2.49. The highest BCUT2D eigenvalue weighted by atomic mass is 16.3. The topological polar surface area (TPSA) is 61.4 Å². The van der Waals surface area contributed by atoms with Gasteiger partial charge in [-0.2, -0.15) is 0 Å². The molecular formula is C17H20N2O2. The lowest BCUT2D eigenvalue weighted by Crippen LogP contribution is -2.11. The summed E-state index contributed by atoms with van der Waals surface area (Å²) in [6.45, 7) is 4.47. The molecule has 4 nitrogen and oxygen atoms in total. The van der Waals surface area contributed by atoms with Crippen LogP contribution in [0.25, 0.3) is 0 Å². The number of nitrogens with one attached hydrogen (secondary N) is 2. The molecule has 0 unspecified atom stereocenters. The van der Waals surface area contributed by atoms with Gasteiger partial charge in [0.05, 0.1) is 0 Å². The highest BCUT2D eigenvalue weighted by molar-refractivity contribution is 5.92. The third-order valence-corrected chi connectivity index (χ3v) is 3.35. The summed E-state index contributed by atoms with van der Waals surface area (Å²) < 4.78 is 0. The number of hydrogen-bond donors (Lipinski definition) is 3. The van der Waals surface area contributed by atoms with E-state index >= 15 is 0 Å². The Balaban J connectivity index is 2.08. The first-order chi connectivity index (χ1) is 10.1. The minimum atomic E-state index is 0.00813. The third kappa shape index (κ3) is 3.99. The molecule has 0 heterocycles. The number of amides is 1. The van der Waals surface area contributed by atoms with E-state index in [1.165, 1.54) is 0 Å².